The highest BCUT2D eigenvalue weighted by Crippen LogP contribution is 1.99. The average Bonchev–Trinajstić information content (AvgIpc) is 1.82. The summed E-state index contributed by atoms with van der Waals surface area (Å²) in [5, 5.41) is 12.0. The van der Waals surface area contributed by atoms with E-state index in [4.69, 9.17) is 5.41 Å². The normalized spacial score (nSPS) is 11.2. The lowest BCUT2D eigenvalue weighted by Crippen LogP contribution is -2.11. The Bertz CT molecular complexity index is 129. The van der Waals surface area contributed by atoms with Crippen LogP contribution in [-0.2, 0) is 0 Å². The van der Waals surface area contributed by atoms with Gasteiger partial charge in [-0.05, 0) is 18.6 Å². The molecule has 0 spiro atoms. The van der Waals surface area contributed by atoms with Gasteiger partial charge in [-0.25, -0.2) is 0 Å². The van der Waals surface area contributed by atoms with Crippen LogP contribution in [0.5, 0.6) is 0 Å². The van der Waals surface area contributed by atoms with Crippen LogP contribution < -0.4 is 5.32 Å². The summed E-state index contributed by atoms with van der Waals surface area (Å²) in [6.45, 7) is 1.76. The summed E-state index contributed by atoms with van der Waals surface area (Å²) < 4.78 is 0. The number of hydrogen-bond donors (Lipinski definition) is 2. The maximum absolute atomic E-state index is 7.21. The van der Waals surface area contributed by atoms with Crippen LogP contribution in [0.2, 0.25) is 0 Å². The third-order valence-corrected chi connectivity index (χ3v) is 1.38. The molecular weight excluding hydrogens is 132 g/mol. The van der Waals surface area contributed by atoms with Gasteiger partial charge < -0.3 is 10.7 Å². The fourth-order valence-corrected chi connectivity index (χ4v) is 0.983. The maximum Gasteiger partial charge on any atom is 0.0610 e. The van der Waals surface area contributed by atoms with Crippen molar-refractivity contribution in [2.24, 2.45) is 0 Å². The van der Waals surface area contributed by atoms with Gasteiger partial charge >= 0.3 is 0 Å². The summed E-state index contributed by atoms with van der Waals surface area (Å²) >= 11 is 1.60. The molecule has 9 heavy (non-hydrogen) atoms. The van der Waals surface area contributed by atoms with Crippen molar-refractivity contribution in [3.8, 4) is 0 Å². The molecule has 52 valence electrons. The van der Waals surface area contributed by atoms with E-state index in [1.807, 2.05) is 18.7 Å². The van der Waals surface area contributed by atoms with Crippen molar-refractivity contribution in [2.45, 2.75) is 6.92 Å². The van der Waals surface area contributed by atoms with Gasteiger partial charge in [0.15, 0.2) is 0 Å². The maximum atomic E-state index is 7.21. The minimum absolute atomic E-state index is 0.576. The van der Waals surface area contributed by atoms with E-state index in [9.17, 15) is 0 Å². The summed E-state index contributed by atoms with van der Waals surface area (Å²) in [4.78, 5) is 0. The molecule has 0 aliphatic carbocycles. The monoisotopic (exact) mass is 144 g/mol. The van der Waals surface area contributed by atoms with Crippen molar-refractivity contribution < 1.29 is 0 Å². The van der Waals surface area contributed by atoms with Crippen LogP contribution in [0, 0.1) is 5.41 Å². The van der Waals surface area contributed by atoms with Gasteiger partial charge in [0, 0.05) is 7.05 Å². The van der Waals surface area contributed by atoms with E-state index in [-0.39, 0.29) is 0 Å². The molecular formula is C6H12N2S. The fraction of sp³-hybridized carbons (Fsp3) is 0.500. The highest BCUT2D eigenvalue weighted by molar-refractivity contribution is 8.01. The average molecular weight is 144 g/mol. The molecule has 0 unspecified atom stereocenters. The van der Waals surface area contributed by atoms with E-state index in [2.05, 4.69) is 5.32 Å². The molecule has 0 heterocycles. The van der Waals surface area contributed by atoms with Gasteiger partial charge in [0.2, 0.25) is 0 Å². The number of rotatable bonds is 3. The minimum Gasteiger partial charge on any atom is -0.386 e. The van der Waals surface area contributed by atoms with E-state index >= 15 is 0 Å². The molecule has 0 amide bonds. The second-order valence-corrected chi connectivity index (χ2v) is 2.35. The molecule has 0 atom stereocenters. The van der Waals surface area contributed by atoms with Gasteiger partial charge in [-0.2, -0.15) is 0 Å². The van der Waals surface area contributed by atoms with Crippen molar-refractivity contribution in [3.63, 3.8) is 0 Å². The van der Waals surface area contributed by atoms with Crippen molar-refractivity contribution in [2.75, 3.05) is 13.3 Å². The number of nitrogens with one attached hydrogen (secondary N) is 2. The molecule has 0 aromatic carbocycles. The van der Waals surface area contributed by atoms with Crippen LogP contribution >= 0.6 is 11.8 Å². The van der Waals surface area contributed by atoms with Crippen LogP contribution in [0.25, 0.3) is 0 Å². The summed E-state index contributed by atoms with van der Waals surface area (Å²) in [7, 11) is 1.82. The highest BCUT2D eigenvalue weighted by atomic mass is 32.2. The topological polar surface area (TPSA) is 35.9 Å². The molecule has 2 nitrogen and oxygen atoms in total. The first-order chi connectivity index (χ1) is 4.22. The Balaban J connectivity index is 3.98. The van der Waals surface area contributed by atoms with E-state index in [0.29, 0.717) is 5.71 Å². The SMILES string of the molecule is CN/C(=C\SC)C(C)=N. The first-order valence-corrected chi connectivity index (χ1v) is 3.97. The van der Waals surface area contributed by atoms with Gasteiger partial charge in [-0.3, -0.25) is 0 Å². The van der Waals surface area contributed by atoms with Crippen LogP contribution in [-0.4, -0.2) is 19.0 Å². The Hall–Kier alpha value is -0.440. The quantitative estimate of drug-likeness (QED) is 0.588. The van der Waals surface area contributed by atoms with Gasteiger partial charge in [0.1, 0.15) is 0 Å². The van der Waals surface area contributed by atoms with Gasteiger partial charge in [0.05, 0.1) is 11.4 Å². The zero-order valence-corrected chi connectivity index (χ0v) is 6.80. The second kappa shape index (κ2) is 4.44. The first kappa shape index (κ1) is 8.56. The third kappa shape index (κ3) is 3.19. The smallest absolute Gasteiger partial charge is 0.0610 e. The summed E-state index contributed by atoms with van der Waals surface area (Å²) in [5.74, 6) is 0. The third-order valence-electron chi connectivity index (χ3n) is 0.909. The van der Waals surface area contributed by atoms with Crippen molar-refractivity contribution in [1.29, 1.82) is 5.41 Å². The molecule has 0 saturated heterocycles. The molecule has 0 saturated carbocycles. The predicted molar refractivity (Wildman–Crippen MR) is 44.1 cm³/mol. The Kier molecular flexibility index (Phi) is 4.22. The lowest BCUT2D eigenvalue weighted by Gasteiger charge is -2.01. The molecule has 0 rings (SSSR count). The molecule has 0 radical (unpaired) electrons. The van der Waals surface area contributed by atoms with Gasteiger partial charge in [-0.15, -0.1) is 11.8 Å². The first-order valence-electron chi connectivity index (χ1n) is 2.68. The van der Waals surface area contributed by atoms with Crippen LogP contribution in [0.1, 0.15) is 6.92 Å². The minimum atomic E-state index is 0.576. The number of hydrogen-bond acceptors (Lipinski definition) is 3. The molecule has 0 aliphatic heterocycles. The van der Waals surface area contributed by atoms with E-state index in [1.54, 1.807) is 18.7 Å². The van der Waals surface area contributed by atoms with E-state index in [0.717, 1.165) is 5.70 Å². The fourth-order valence-electron chi connectivity index (χ4n) is 0.453. The van der Waals surface area contributed by atoms with Crippen LogP contribution in [0.3, 0.4) is 0 Å². The molecule has 0 aromatic rings. The summed E-state index contributed by atoms with van der Waals surface area (Å²) in [5.41, 5.74) is 1.47. The molecule has 0 bridgehead atoms. The largest absolute Gasteiger partial charge is 0.386 e. The standard InChI is InChI=1S/C6H12N2S/c1-5(7)6(8-2)4-9-3/h4,7-8H,1-3H3/b6-4-,7-5?. The lowest BCUT2D eigenvalue weighted by molar-refractivity contribution is 1.05. The van der Waals surface area contributed by atoms with Crippen molar-refractivity contribution in [3.05, 3.63) is 11.1 Å². The molecule has 2 N–H and O–H groups in total. The van der Waals surface area contributed by atoms with Crippen molar-refractivity contribution in [1.82, 2.24) is 5.32 Å². The molecule has 0 fully saturated rings. The molecule has 0 aliphatic rings. The number of allylic oxidation sites excluding steroid dienone is 1. The van der Waals surface area contributed by atoms with Gasteiger partial charge in [-0.1, -0.05) is 0 Å². The van der Waals surface area contributed by atoms with Crippen LogP contribution in [0.15, 0.2) is 11.1 Å². The summed E-state index contributed by atoms with van der Waals surface area (Å²) in [6, 6.07) is 0. The van der Waals surface area contributed by atoms with Gasteiger partial charge in [0.25, 0.3) is 0 Å². The van der Waals surface area contributed by atoms with E-state index < -0.39 is 0 Å². The molecule has 3 heteroatoms. The highest BCUT2D eigenvalue weighted by Gasteiger charge is 1.92. The second-order valence-electron chi connectivity index (χ2n) is 1.64. The Labute approximate surface area is 60.2 Å². The lowest BCUT2D eigenvalue weighted by atomic mass is 10.3. The Morgan fingerprint density at radius 1 is 1.67 bits per heavy atom. The van der Waals surface area contributed by atoms with Crippen LogP contribution in [0.4, 0.5) is 0 Å². The number of thioether (sulfide) groups is 1. The summed E-state index contributed by atoms with van der Waals surface area (Å²) in [6.07, 6.45) is 1.97. The Morgan fingerprint density at radius 2 is 2.22 bits per heavy atom. The zero-order valence-electron chi connectivity index (χ0n) is 5.99. The predicted octanol–water partition coefficient (Wildman–Crippen LogP) is 1.45. The zero-order chi connectivity index (χ0) is 7.28. The molecule has 0 aromatic heterocycles. The Morgan fingerprint density at radius 3 is 2.33 bits per heavy atom. The van der Waals surface area contributed by atoms with Crippen molar-refractivity contribution >= 4 is 17.5 Å². The van der Waals surface area contributed by atoms with E-state index in [1.165, 1.54) is 0 Å².